The van der Waals surface area contributed by atoms with Crippen molar-refractivity contribution >= 4 is 23.0 Å². The first-order valence-corrected chi connectivity index (χ1v) is 5.35. The third-order valence-corrected chi connectivity index (χ3v) is 2.59. The highest BCUT2D eigenvalue weighted by Gasteiger charge is 2.05. The zero-order valence-electron chi connectivity index (χ0n) is 9.18. The van der Waals surface area contributed by atoms with Gasteiger partial charge in [-0.2, -0.15) is 0 Å². The van der Waals surface area contributed by atoms with Crippen LogP contribution in [0.2, 0.25) is 5.02 Å². The largest absolute Gasteiger partial charge is 0.398 e. The molecule has 82 valence electrons. The maximum atomic E-state index is 5.96. The Morgan fingerprint density at radius 1 is 1.60 bits per heavy atom. The number of hydrogen-bond acceptors (Lipinski definition) is 2. The van der Waals surface area contributed by atoms with Gasteiger partial charge in [0.15, 0.2) is 0 Å². The first-order chi connectivity index (χ1) is 7.04. The van der Waals surface area contributed by atoms with Gasteiger partial charge < -0.3 is 11.1 Å². The van der Waals surface area contributed by atoms with E-state index in [9.17, 15) is 0 Å². The number of nitrogen functional groups attached to an aromatic ring is 1. The lowest BCUT2D eigenvalue weighted by Crippen LogP contribution is -2.14. The van der Waals surface area contributed by atoms with E-state index in [4.69, 9.17) is 17.3 Å². The van der Waals surface area contributed by atoms with E-state index < -0.39 is 0 Å². The van der Waals surface area contributed by atoms with Gasteiger partial charge >= 0.3 is 0 Å². The lowest BCUT2D eigenvalue weighted by atomic mass is 10.1. The topological polar surface area (TPSA) is 38.0 Å². The molecule has 1 atom stereocenters. The van der Waals surface area contributed by atoms with E-state index in [0.717, 1.165) is 17.7 Å². The van der Waals surface area contributed by atoms with E-state index in [-0.39, 0.29) is 0 Å². The molecule has 0 aromatic heterocycles. The molecule has 0 saturated heterocycles. The Morgan fingerprint density at radius 2 is 2.27 bits per heavy atom. The molecule has 15 heavy (non-hydrogen) atoms. The monoisotopic (exact) mass is 224 g/mol. The Hall–Kier alpha value is -1.15. The summed E-state index contributed by atoms with van der Waals surface area (Å²) in [4.78, 5) is 0. The van der Waals surface area contributed by atoms with Gasteiger partial charge in [0.05, 0.1) is 10.7 Å². The Labute approximate surface area is 96.1 Å². The van der Waals surface area contributed by atoms with Gasteiger partial charge in [-0.3, -0.25) is 0 Å². The van der Waals surface area contributed by atoms with E-state index >= 15 is 0 Å². The van der Waals surface area contributed by atoms with Gasteiger partial charge in [-0.15, -0.1) is 6.58 Å². The van der Waals surface area contributed by atoms with Gasteiger partial charge in [0.25, 0.3) is 0 Å². The SMILES string of the molecule is C=CCC(C)Nc1cc(Cl)c(N)cc1C. The van der Waals surface area contributed by atoms with E-state index in [2.05, 4.69) is 18.8 Å². The molecule has 0 fully saturated rings. The van der Waals surface area contributed by atoms with E-state index in [0.29, 0.717) is 16.8 Å². The first kappa shape index (κ1) is 11.9. The van der Waals surface area contributed by atoms with Crippen LogP contribution >= 0.6 is 11.6 Å². The predicted octanol–water partition coefficient (Wildman–Crippen LogP) is 3.61. The van der Waals surface area contributed by atoms with Crippen molar-refractivity contribution in [2.45, 2.75) is 26.3 Å². The number of rotatable bonds is 4. The zero-order valence-corrected chi connectivity index (χ0v) is 9.93. The number of anilines is 2. The van der Waals surface area contributed by atoms with Crippen LogP contribution in [0.1, 0.15) is 18.9 Å². The summed E-state index contributed by atoms with van der Waals surface area (Å²) in [6.45, 7) is 7.82. The van der Waals surface area contributed by atoms with Crippen molar-refractivity contribution in [3.8, 4) is 0 Å². The number of hydrogen-bond donors (Lipinski definition) is 2. The fourth-order valence-corrected chi connectivity index (χ4v) is 1.60. The van der Waals surface area contributed by atoms with Crippen LogP contribution in [0.4, 0.5) is 11.4 Å². The molecule has 0 aliphatic rings. The van der Waals surface area contributed by atoms with Crippen molar-refractivity contribution in [2.24, 2.45) is 0 Å². The summed E-state index contributed by atoms with van der Waals surface area (Å²) in [6.07, 6.45) is 2.81. The molecule has 2 nitrogen and oxygen atoms in total. The van der Waals surface area contributed by atoms with Crippen molar-refractivity contribution in [1.82, 2.24) is 0 Å². The highest BCUT2D eigenvalue weighted by molar-refractivity contribution is 6.33. The molecule has 0 saturated carbocycles. The summed E-state index contributed by atoms with van der Waals surface area (Å²) in [5.74, 6) is 0. The molecule has 0 spiro atoms. The first-order valence-electron chi connectivity index (χ1n) is 4.97. The Bertz CT molecular complexity index is 361. The Kier molecular flexibility index (Phi) is 4.04. The Balaban J connectivity index is 2.85. The maximum Gasteiger partial charge on any atom is 0.0656 e. The Morgan fingerprint density at radius 3 is 2.87 bits per heavy atom. The number of benzene rings is 1. The number of nitrogens with one attached hydrogen (secondary N) is 1. The minimum atomic E-state index is 0.348. The number of halogens is 1. The van der Waals surface area contributed by atoms with Crippen LogP contribution in [0.3, 0.4) is 0 Å². The van der Waals surface area contributed by atoms with Crippen molar-refractivity contribution < 1.29 is 0 Å². The minimum absolute atomic E-state index is 0.348. The summed E-state index contributed by atoms with van der Waals surface area (Å²) < 4.78 is 0. The molecule has 0 bridgehead atoms. The van der Waals surface area contributed by atoms with Crippen LogP contribution in [0.25, 0.3) is 0 Å². The summed E-state index contributed by atoms with van der Waals surface area (Å²) in [6, 6.07) is 4.10. The summed E-state index contributed by atoms with van der Waals surface area (Å²) in [7, 11) is 0. The molecule has 0 heterocycles. The fraction of sp³-hybridized carbons (Fsp3) is 0.333. The van der Waals surface area contributed by atoms with Crippen LogP contribution in [-0.2, 0) is 0 Å². The number of nitrogens with two attached hydrogens (primary N) is 1. The highest BCUT2D eigenvalue weighted by atomic mass is 35.5. The standard InChI is InChI=1S/C12H17ClN2/c1-4-5-9(3)15-12-7-10(13)11(14)6-8(12)2/h4,6-7,9,15H,1,5,14H2,2-3H3. The molecule has 3 heteroatoms. The van der Waals surface area contributed by atoms with Gasteiger partial charge in [-0.25, -0.2) is 0 Å². The van der Waals surface area contributed by atoms with Crippen LogP contribution in [0.5, 0.6) is 0 Å². The van der Waals surface area contributed by atoms with Gasteiger partial charge in [0, 0.05) is 11.7 Å². The number of aryl methyl sites for hydroxylation is 1. The summed E-state index contributed by atoms with van der Waals surface area (Å²) >= 11 is 5.96. The maximum absolute atomic E-state index is 5.96. The van der Waals surface area contributed by atoms with Crippen molar-refractivity contribution in [3.63, 3.8) is 0 Å². The van der Waals surface area contributed by atoms with Gasteiger partial charge in [-0.05, 0) is 38.0 Å². The molecular weight excluding hydrogens is 208 g/mol. The normalized spacial score (nSPS) is 12.2. The minimum Gasteiger partial charge on any atom is -0.398 e. The van der Waals surface area contributed by atoms with Crippen molar-refractivity contribution in [2.75, 3.05) is 11.1 Å². The van der Waals surface area contributed by atoms with Crippen LogP contribution in [0, 0.1) is 6.92 Å². The summed E-state index contributed by atoms with van der Waals surface area (Å²) in [5, 5.41) is 3.96. The highest BCUT2D eigenvalue weighted by Crippen LogP contribution is 2.27. The lowest BCUT2D eigenvalue weighted by molar-refractivity contribution is 0.813. The molecule has 1 rings (SSSR count). The van der Waals surface area contributed by atoms with E-state index in [1.54, 1.807) is 0 Å². The zero-order chi connectivity index (χ0) is 11.4. The second-order valence-corrected chi connectivity index (χ2v) is 4.17. The van der Waals surface area contributed by atoms with E-state index in [1.165, 1.54) is 0 Å². The second kappa shape index (κ2) is 5.08. The molecule has 1 aromatic rings. The molecule has 3 N–H and O–H groups in total. The molecule has 0 radical (unpaired) electrons. The molecule has 1 unspecified atom stereocenters. The molecule has 0 aliphatic heterocycles. The fourth-order valence-electron chi connectivity index (χ4n) is 1.43. The molecule has 1 aromatic carbocycles. The summed E-state index contributed by atoms with van der Waals surface area (Å²) in [5.41, 5.74) is 8.46. The van der Waals surface area contributed by atoms with Crippen LogP contribution in [0.15, 0.2) is 24.8 Å². The average Bonchev–Trinajstić information content (AvgIpc) is 2.14. The smallest absolute Gasteiger partial charge is 0.0656 e. The molecule has 0 amide bonds. The second-order valence-electron chi connectivity index (χ2n) is 3.76. The third kappa shape index (κ3) is 3.17. The lowest BCUT2D eigenvalue weighted by Gasteiger charge is -2.16. The van der Waals surface area contributed by atoms with Gasteiger partial charge in [0.2, 0.25) is 0 Å². The van der Waals surface area contributed by atoms with Crippen LogP contribution < -0.4 is 11.1 Å². The van der Waals surface area contributed by atoms with Crippen molar-refractivity contribution in [3.05, 3.63) is 35.4 Å². The van der Waals surface area contributed by atoms with E-state index in [1.807, 2.05) is 25.1 Å². The molecule has 0 aliphatic carbocycles. The predicted molar refractivity (Wildman–Crippen MR) is 68.5 cm³/mol. The third-order valence-electron chi connectivity index (χ3n) is 2.27. The van der Waals surface area contributed by atoms with Crippen molar-refractivity contribution in [1.29, 1.82) is 0 Å². The van der Waals surface area contributed by atoms with Gasteiger partial charge in [0.1, 0.15) is 0 Å². The van der Waals surface area contributed by atoms with Gasteiger partial charge in [-0.1, -0.05) is 17.7 Å². The van der Waals surface area contributed by atoms with Crippen LogP contribution in [-0.4, -0.2) is 6.04 Å². The average molecular weight is 225 g/mol. The molecular formula is C12H17ClN2. The quantitative estimate of drug-likeness (QED) is 0.606.